The fourth-order valence-corrected chi connectivity index (χ4v) is 2.60. The maximum Gasteiger partial charge on any atom is 0.0187 e. The fraction of sp³-hybridized carbons (Fsp3) is 0.111. The van der Waals surface area contributed by atoms with E-state index in [0.29, 0.717) is 6.54 Å². The van der Waals surface area contributed by atoms with E-state index in [4.69, 9.17) is 5.73 Å². The Kier molecular flexibility index (Phi) is 3.30. The zero-order valence-electron chi connectivity index (χ0n) is 10.8. The van der Waals surface area contributed by atoms with Gasteiger partial charge in [0.05, 0.1) is 0 Å². The molecule has 0 amide bonds. The van der Waals surface area contributed by atoms with E-state index < -0.39 is 0 Å². The first-order valence-electron chi connectivity index (χ1n) is 6.62. The molecule has 0 spiro atoms. The van der Waals surface area contributed by atoms with E-state index in [-0.39, 0.29) is 0 Å². The minimum Gasteiger partial charge on any atom is -0.326 e. The molecule has 0 saturated carbocycles. The zero-order valence-corrected chi connectivity index (χ0v) is 10.8. The van der Waals surface area contributed by atoms with Crippen molar-refractivity contribution in [1.82, 2.24) is 0 Å². The van der Waals surface area contributed by atoms with Crippen LogP contribution < -0.4 is 5.73 Å². The SMILES string of the molecule is NCc1c(Cc2ccccc2)ccc2ccccc12. The van der Waals surface area contributed by atoms with Crippen LogP contribution in [0.4, 0.5) is 0 Å². The second-order valence-electron chi connectivity index (χ2n) is 4.79. The molecule has 94 valence electrons. The van der Waals surface area contributed by atoms with Crippen molar-refractivity contribution in [3.63, 3.8) is 0 Å². The summed E-state index contributed by atoms with van der Waals surface area (Å²) in [6.45, 7) is 0.587. The van der Waals surface area contributed by atoms with Gasteiger partial charge in [0.15, 0.2) is 0 Å². The van der Waals surface area contributed by atoms with Gasteiger partial charge in [-0.15, -0.1) is 0 Å². The van der Waals surface area contributed by atoms with E-state index in [1.54, 1.807) is 0 Å². The van der Waals surface area contributed by atoms with Crippen molar-refractivity contribution in [1.29, 1.82) is 0 Å². The van der Waals surface area contributed by atoms with E-state index in [0.717, 1.165) is 6.42 Å². The first-order chi connectivity index (χ1) is 9.38. The van der Waals surface area contributed by atoms with E-state index in [9.17, 15) is 0 Å². The smallest absolute Gasteiger partial charge is 0.0187 e. The van der Waals surface area contributed by atoms with Gasteiger partial charge in [-0.05, 0) is 33.9 Å². The van der Waals surface area contributed by atoms with Gasteiger partial charge in [0, 0.05) is 6.54 Å². The number of benzene rings is 3. The molecule has 0 heterocycles. The van der Waals surface area contributed by atoms with Crippen LogP contribution in [0.2, 0.25) is 0 Å². The summed E-state index contributed by atoms with van der Waals surface area (Å²) in [7, 11) is 0. The van der Waals surface area contributed by atoms with Crippen LogP contribution >= 0.6 is 0 Å². The topological polar surface area (TPSA) is 26.0 Å². The van der Waals surface area contributed by atoms with Crippen molar-refractivity contribution in [2.75, 3.05) is 0 Å². The lowest BCUT2D eigenvalue weighted by atomic mass is 9.94. The van der Waals surface area contributed by atoms with Gasteiger partial charge in [-0.25, -0.2) is 0 Å². The van der Waals surface area contributed by atoms with Crippen molar-refractivity contribution in [3.05, 3.63) is 83.4 Å². The Hall–Kier alpha value is -2.12. The normalized spacial score (nSPS) is 10.8. The third-order valence-electron chi connectivity index (χ3n) is 3.58. The van der Waals surface area contributed by atoms with Crippen LogP contribution in [-0.4, -0.2) is 0 Å². The highest BCUT2D eigenvalue weighted by Gasteiger charge is 2.06. The molecule has 3 aromatic carbocycles. The molecular formula is C18H17N. The molecule has 3 rings (SSSR count). The second-order valence-corrected chi connectivity index (χ2v) is 4.79. The van der Waals surface area contributed by atoms with E-state index >= 15 is 0 Å². The summed E-state index contributed by atoms with van der Waals surface area (Å²) in [6, 6.07) is 23.4. The Morgan fingerprint density at radius 3 is 2.26 bits per heavy atom. The largest absolute Gasteiger partial charge is 0.326 e. The van der Waals surface area contributed by atoms with Gasteiger partial charge < -0.3 is 5.73 Å². The molecule has 0 aliphatic carbocycles. The molecule has 0 aromatic heterocycles. The number of hydrogen-bond donors (Lipinski definition) is 1. The molecule has 1 nitrogen and oxygen atoms in total. The highest BCUT2D eigenvalue weighted by molar-refractivity contribution is 5.86. The third kappa shape index (κ3) is 2.38. The molecule has 0 bridgehead atoms. The van der Waals surface area contributed by atoms with Gasteiger partial charge >= 0.3 is 0 Å². The van der Waals surface area contributed by atoms with Gasteiger partial charge in [0.1, 0.15) is 0 Å². The van der Waals surface area contributed by atoms with Crippen molar-refractivity contribution in [3.8, 4) is 0 Å². The Morgan fingerprint density at radius 2 is 1.47 bits per heavy atom. The van der Waals surface area contributed by atoms with Crippen molar-refractivity contribution in [2.24, 2.45) is 5.73 Å². The summed E-state index contributed by atoms with van der Waals surface area (Å²) in [5.41, 5.74) is 9.89. The number of nitrogens with two attached hydrogens (primary N) is 1. The third-order valence-corrected chi connectivity index (χ3v) is 3.58. The maximum absolute atomic E-state index is 5.97. The summed E-state index contributed by atoms with van der Waals surface area (Å²) in [4.78, 5) is 0. The first kappa shape index (κ1) is 11.9. The van der Waals surface area contributed by atoms with Gasteiger partial charge in [-0.2, -0.15) is 0 Å². The molecule has 0 aliphatic heterocycles. The minimum atomic E-state index is 0.587. The zero-order chi connectivity index (χ0) is 13.1. The lowest BCUT2D eigenvalue weighted by molar-refractivity contribution is 1.03. The standard InChI is InChI=1S/C18H17N/c19-13-18-16(12-14-6-2-1-3-7-14)11-10-15-8-4-5-9-17(15)18/h1-11H,12-13,19H2. The summed E-state index contributed by atoms with van der Waals surface area (Å²) in [5.74, 6) is 0. The molecule has 0 aliphatic rings. The molecule has 19 heavy (non-hydrogen) atoms. The highest BCUT2D eigenvalue weighted by atomic mass is 14.5. The summed E-state index contributed by atoms with van der Waals surface area (Å²) >= 11 is 0. The van der Waals surface area contributed by atoms with E-state index in [1.807, 2.05) is 6.07 Å². The Labute approximate surface area is 113 Å². The lowest BCUT2D eigenvalue weighted by Crippen LogP contribution is -2.03. The molecule has 1 heteroatoms. The highest BCUT2D eigenvalue weighted by Crippen LogP contribution is 2.24. The molecule has 0 unspecified atom stereocenters. The minimum absolute atomic E-state index is 0.587. The van der Waals surface area contributed by atoms with Gasteiger partial charge in [0.2, 0.25) is 0 Å². The van der Waals surface area contributed by atoms with Crippen molar-refractivity contribution >= 4 is 10.8 Å². The summed E-state index contributed by atoms with van der Waals surface area (Å²) in [5, 5.41) is 2.54. The van der Waals surface area contributed by atoms with Crippen molar-refractivity contribution < 1.29 is 0 Å². The number of hydrogen-bond acceptors (Lipinski definition) is 1. The van der Waals surface area contributed by atoms with Crippen LogP contribution in [0.5, 0.6) is 0 Å². The Morgan fingerprint density at radius 1 is 0.737 bits per heavy atom. The summed E-state index contributed by atoms with van der Waals surface area (Å²) in [6.07, 6.45) is 0.943. The van der Waals surface area contributed by atoms with Crippen molar-refractivity contribution in [2.45, 2.75) is 13.0 Å². The van der Waals surface area contributed by atoms with Gasteiger partial charge in [-0.1, -0.05) is 66.7 Å². The number of fused-ring (bicyclic) bond motifs is 1. The monoisotopic (exact) mass is 247 g/mol. The van der Waals surface area contributed by atoms with Gasteiger partial charge in [0.25, 0.3) is 0 Å². The van der Waals surface area contributed by atoms with E-state index in [1.165, 1.54) is 27.5 Å². The first-order valence-corrected chi connectivity index (χ1v) is 6.62. The predicted molar refractivity (Wildman–Crippen MR) is 81.1 cm³/mol. The summed E-state index contributed by atoms with van der Waals surface area (Å²) < 4.78 is 0. The molecule has 3 aromatic rings. The maximum atomic E-state index is 5.97. The molecule has 0 radical (unpaired) electrons. The fourth-order valence-electron chi connectivity index (χ4n) is 2.60. The van der Waals surface area contributed by atoms with Crippen LogP contribution in [0.3, 0.4) is 0 Å². The van der Waals surface area contributed by atoms with Gasteiger partial charge in [-0.3, -0.25) is 0 Å². The number of rotatable bonds is 3. The average molecular weight is 247 g/mol. The quantitative estimate of drug-likeness (QED) is 0.746. The molecule has 2 N–H and O–H groups in total. The second kappa shape index (κ2) is 5.25. The average Bonchev–Trinajstić information content (AvgIpc) is 2.48. The van der Waals surface area contributed by atoms with Crippen LogP contribution in [0.25, 0.3) is 10.8 Å². The van der Waals surface area contributed by atoms with Crippen LogP contribution in [0, 0.1) is 0 Å². The van der Waals surface area contributed by atoms with Crippen LogP contribution in [0.15, 0.2) is 66.7 Å². The molecule has 0 atom stereocenters. The molecule has 0 saturated heterocycles. The van der Waals surface area contributed by atoms with Crippen LogP contribution in [-0.2, 0) is 13.0 Å². The lowest BCUT2D eigenvalue weighted by Gasteiger charge is -2.11. The molecular weight excluding hydrogens is 230 g/mol. The Bertz CT molecular complexity index is 686. The predicted octanol–water partition coefficient (Wildman–Crippen LogP) is 3.89. The van der Waals surface area contributed by atoms with E-state index in [2.05, 4.69) is 60.7 Å². The Balaban J connectivity index is 2.08. The van der Waals surface area contributed by atoms with Crippen LogP contribution in [0.1, 0.15) is 16.7 Å². The molecule has 0 fully saturated rings.